The van der Waals surface area contributed by atoms with Gasteiger partial charge in [0, 0.05) is 17.3 Å². The molecule has 5 rings (SSSR count). The summed E-state index contributed by atoms with van der Waals surface area (Å²) in [5.41, 5.74) is 2.25. The highest BCUT2D eigenvalue weighted by Gasteiger charge is 2.47. The van der Waals surface area contributed by atoms with Gasteiger partial charge in [0.1, 0.15) is 11.4 Å². The number of aromatic nitrogens is 3. The smallest absolute Gasteiger partial charge is 0.295 e. The Morgan fingerprint density at radius 3 is 2.29 bits per heavy atom. The molecule has 1 aliphatic rings. The average molecular weight is 469 g/mol. The SMILES string of the molecule is Cc1ccc[n+](C2=C(c3c(C)[nH]n(-c4ccc(F)cc4)c3=O)C(=O)N(Cc3ccccc3)C2=O)c1. The van der Waals surface area contributed by atoms with Crippen molar-refractivity contribution >= 4 is 23.1 Å². The van der Waals surface area contributed by atoms with Crippen molar-refractivity contribution in [1.82, 2.24) is 14.7 Å². The number of H-pyrrole nitrogens is 1. The van der Waals surface area contributed by atoms with Gasteiger partial charge in [-0.25, -0.2) is 9.07 Å². The van der Waals surface area contributed by atoms with Crippen molar-refractivity contribution in [2.75, 3.05) is 0 Å². The number of halogens is 1. The first-order valence-corrected chi connectivity index (χ1v) is 11.1. The zero-order chi connectivity index (χ0) is 24.7. The van der Waals surface area contributed by atoms with Crippen LogP contribution in [0.1, 0.15) is 22.4 Å². The fraction of sp³-hybridized carbons (Fsp3) is 0.111. The molecular formula is C27H22FN4O3+. The number of pyridine rings is 1. The topological polar surface area (TPSA) is 79.1 Å². The molecule has 35 heavy (non-hydrogen) atoms. The molecule has 0 atom stereocenters. The van der Waals surface area contributed by atoms with Crippen molar-refractivity contribution in [1.29, 1.82) is 0 Å². The molecule has 0 saturated heterocycles. The maximum atomic E-state index is 13.7. The van der Waals surface area contributed by atoms with Crippen molar-refractivity contribution < 1.29 is 18.5 Å². The van der Waals surface area contributed by atoms with Crippen LogP contribution in [0, 0.1) is 19.7 Å². The molecule has 2 aromatic heterocycles. The van der Waals surface area contributed by atoms with Crippen molar-refractivity contribution in [3.63, 3.8) is 0 Å². The third kappa shape index (κ3) is 3.89. The highest BCUT2D eigenvalue weighted by atomic mass is 19.1. The molecule has 0 bridgehead atoms. The molecule has 0 fully saturated rings. The second kappa shape index (κ2) is 8.64. The lowest BCUT2D eigenvalue weighted by atomic mass is 10.1. The number of nitrogens with one attached hydrogen (secondary N) is 1. The van der Waals surface area contributed by atoms with Crippen LogP contribution in [0.3, 0.4) is 0 Å². The van der Waals surface area contributed by atoms with Gasteiger partial charge in [0.05, 0.1) is 17.8 Å². The first-order chi connectivity index (χ1) is 16.8. The van der Waals surface area contributed by atoms with E-state index in [4.69, 9.17) is 0 Å². The summed E-state index contributed by atoms with van der Waals surface area (Å²) < 4.78 is 16.3. The molecule has 0 saturated carbocycles. The van der Waals surface area contributed by atoms with E-state index in [2.05, 4.69) is 5.10 Å². The molecule has 0 radical (unpaired) electrons. The maximum Gasteiger partial charge on any atom is 0.327 e. The fourth-order valence-electron chi connectivity index (χ4n) is 4.28. The molecule has 1 aliphatic heterocycles. The van der Waals surface area contributed by atoms with E-state index in [1.165, 1.54) is 28.9 Å². The molecule has 0 unspecified atom stereocenters. The van der Waals surface area contributed by atoms with Crippen LogP contribution in [0.15, 0.2) is 83.9 Å². The van der Waals surface area contributed by atoms with Crippen molar-refractivity contribution in [2.24, 2.45) is 0 Å². The van der Waals surface area contributed by atoms with Gasteiger partial charge >= 0.3 is 5.91 Å². The zero-order valence-electron chi connectivity index (χ0n) is 19.2. The summed E-state index contributed by atoms with van der Waals surface area (Å²) in [4.78, 5) is 42.0. The first kappa shape index (κ1) is 22.2. The largest absolute Gasteiger partial charge is 0.327 e. The van der Waals surface area contributed by atoms with E-state index in [1.54, 1.807) is 30.0 Å². The summed E-state index contributed by atoms with van der Waals surface area (Å²) in [5.74, 6) is -1.47. The molecule has 2 aromatic carbocycles. The van der Waals surface area contributed by atoms with E-state index >= 15 is 0 Å². The molecule has 7 nitrogen and oxygen atoms in total. The number of aromatic amines is 1. The number of hydrogen-bond acceptors (Lipinski definition) is 3. The number of benzene rings is 2. The van der Waals surface area contributed by atoms with E-state index in [-0.39, 0.29) is 23.4 Å². The van der Waals surface area contributed by atoms with Crippen LogP contribution in [-0.4, -0.2) is 26.5 Å². The van der Waals surface area contributed by atoms with Crippen LogP contribution in [0.2, 0.25) is 0 Å². The van der Waals surface area contributed by atoms with Crippen LogP contribution in [0.25, 0.3) is 17.0 Å². The Bertz CT molecular complexity index is 1550. The predicted molar refractivity (Wildman–Crippen MR) is 128 cm³/mol. The molecule has 8 heteroatoms. The van der Waals surface area contributed by atoms with Crippen LogP contribution in [-0.2, 0) is 16.1 Å². The average Bonchev–Trinajstić information content (AvgIpc) is 3.27. The zero-order valence-corrected chi connectivity index (χ0v) is 19.2. The predicted octanol–water partition coefficient (Wildman–Crippen LogP) is 3.15. The molecule has 0 aliphatic carbocycles. The van der Waals surface area contributed by atoms with Gasteiger partial charge in [0.15, 0.2) is 12.4 Å². The molecule has 0 spiro atoms. The Hall–Kier alpha value is -4.59. The van der Waals surface area contributed by atoms with Crippen LogP contribution in [0.5, 0.6) is 0 Å². The number of aryl methyl sites for hydroxylation is 2. The minimum absolute atomic E-state index is 0.0288. The lowest BCUT2D eigenvalue weighted by Crippen LogP contribution is -2.39. The van der Waals surface area contributed by atoms with Gasteiger partial charge in [0.25, 0.3) is 17.2 Å². The molecule has 4 aromatic rings. The second-order valence-electron chi connectivity index (χ2n) is 8.42. The Balaban J connectivity index is 1.69. The lowest BCUT2D eigenvalue weighted by molar-refractivity contribution is -0.577. The summed E-state index contributed by atoms with van der Waals surface area (Å²) in [6.45, 7) is 3.62. The van der Waals surface area contributed by atoms with E-state index in [9.17, 15) is 18.8 Å². The van der Waals surface area contributed by atoms with Gasteiger partial charge < -0.3 is 0 Å². The van der Waals surface area contributed by atoms with E-state index < -0.39 is 23.2 Å². The number of amides is 2. The Kier molecular flexibility index (Phi) is 5.49. The number of imide groups is 1. The van der Waals surface area contributed by atoms with Crippen LogP contribution >= 0.6 is 0 Å². The first-order valence-electron chi connectivity index (χ1n) is 11.1. The van der Waals surface area contributed by atoms with Gasteiger partial charge in [-0.2, -0.15) is 4.57 Å². The van der Waals surface area contributed by atoms with Crippen LogP contribution < -0.4 is 10.1 Å². The summed E-state index contributed by atoms with van der Waals surface area (Å²) in [6, 6.07) is 18.3. The molecule has 3 heterocycles. The molecular weight excluding hydrogens is 447 g/mol. The standard InChI is InChI=1S/C27H21FN4O3/c1-17-7-6-14-30(15-17)24-23(25(33)31(27(24)35)16-19-8-4-3-5-9-19)22-18(2)29-32(26(22)34)21-12-10-20(28)11-13-21/h3-15H,16H2,1-2H3/p+1. The summed E-state index contributed by atoms with van der Waals surface area (Å²) >= 11 is 0. The minimum Gasteiger partial charge on any atom is -0.295 e. The number of hydrogen-bond donors (Lipinski definition) is 1. The third-order valence-electron chi connectivity index (χ3n) is 5.94. The Labute approximate surface area is 200 Å². The normalized spacial score (nSPS) is 13.7. The van der Waals surface area contributed by atoms with Gasteiger partial charge in [0.2, 0.25) is 0 Å². The summed E-state index contributed by atoms with van der Waals surface area (Å²) in [6.07, 6.45) is 3.42. The molecule has 174 valence electrons. The lowest BCUT2D eigenvalue weighted by Gasteiger charge is -2.13. The van der Waals surface area contributed by atoms with Crippen LogP contribution in [0.4, 0.5) is 4.39 Å². The second-order valence-corrected chi connectivity index (χ2v) is 8.42. The van der Waals surface area contributed by atoms with Gasteiger partial charge in [-0.15, -0.1) is 0 Å². The van der Waals surface area contributed by atoms with E-state index in [0.29, 0.717) is 11.4 Å². The minimum atomic E-state index is -0.548. The van der Waals surface area contributed by atoms with Crippen molar-refractivity contribution in [3.05, 3.63) is 118 Å². The van der Waals surface area contributed by atoms with E-state index in [1.807, 2.05) is 43.3 Å². The Morgan fingerprint density at radius 1 is 0.886 bits per heavy atom. The van der Waals surface area contributed by atoms with Gasteiger partial charge in [-0.1, -0.05) is 30.3 Å². The highest BCUT2D eigenvalue weighted by molar-refractivity contribution is 6.44. The van der Waals surface area contributed by atoms with Gasteiger partial charge in [-0.05, 0) is 49.7 Å². The van der Waals surface area contributed by atoms with Crippen molar-refractivity contribution in [3.8, 4) is 5.69 Å². The van der Waals surface area contributed by atoms with Gasteiger partial charge in [-0.3, -0.25) is 24.4 Å². The number of carbonyl (C=O) groups excluding carboxylic acids is 2. The highest BCUT2D eigenvalue weighted by Crippen LogP contribution is 2.31. The van der Waals surface area contributed by atoms with Crippen molar-refractivity contribution in [2.45, 2.75) is 20.4 Å². The molecule has 2 amide bonds. The number of carbonyl (C=O) groups is 2. The quantitative estimate of drug-likeness (QED) is 0.360. The third-order valence-corrected chi connectivity index (χ3v) is 5.94. The monoisotopic (exact) mass is 469 g/mol. The number of rotatable bonds is 5. The summed E-state index contributed by atoms with van der Waals surface area (Å²) in [5, 5.41) is 2.97. The summed E-state index contributed by atoms with van der Waals surface area (Å²) in [7, 11) is 0. The fourth-order valence-corrected chi connectivity index (χ4v) is 4.28. The molecule has 1 N–H and O–H groups in total. The maximum absolute atomic E-state index is 13.7. The number of nitrogens with zero attached hydrogens (tertiary/aromatic N) is 3. The van der Waals surface area contributed by atoms with E-state index in [0.717, 1.165) is 16.0 Å². The Morgan fingerprint density at radius 2 is 1.60 bits per heavy atom.